The van der Waals surface area contributed by atoms with Crippen LogP contribution in [0.25, 0.3) is 0 Å². The lowest BCUT2D eigenvalue weighted by Crippen LogP contribution is -2.34. The Morgan fingerprint density at radius 2 is 1.31 bits per heavy atom. The number of nitro groups is 1. The number of hydrogen-bond acceptors (Lipinski definition) is 9. The zero-order valence-electron chi connectivity index (χ0n) is 18.6. The van der Waals surface area contributed by atoms with Crippen LogP contribution in [0.1, 0.15) is 20.8 Å². The summed E-state index contributed by atoms with van der Waals surface area (Å²) in [6, 6.07) is 5.18. The van der Waals surface area contributed by atoms with Crippen LogP contribution in [0.3, 0.4) is 0 Å². The normalized spacial score (nSPS) is 11.0. The number of benzene rings is 1. The van der Waals surface area contributed by atoms with E-state index >= 15 is 0 Å². The number of nitrogens with one attached hydrogen (secondary N) is 2. The molecule has 0 saturated heterocycles. The van der Waals surface area contributed by atoms with E-state index in [1.54, 1.807) is 20.8 Å². The minimum Gasteiger partial charge on any atom is -0.444 e. The summed E-state index contributed by atoms with van der Waals surface area (Å²) in [5.74, 6) is 0.199. The summed E-state index contributed by atoms with van der Waals surface area (Å²) in [4.78, 5) is 33.1. The van der Waals surface area contributed by atoms with Crippen LogP contribution < -0.4 is 15.4 Å². The average Bonchev–Trinajstić information content (AvgIpc) is 2.70. The van der Waals surface area contributed by atoms with Gasteiger partial charge in [0.15, 0.2) is 0 Å². The number of carbonyl (C=O) groups is 2. The molecule has 0 atom stereocenters. The topological polar surface area (TPSA) is 147 Å². The average molecular weight is 457 g/mol. The Balaban J connectivity index is 1.90. The molecule has 0 heterocycles. The van der Waals surface area contributed by atoms with Crippen molar-refractivity contribution in [2.75, 3.05) is 52.7 Å². The molecule has 180 valence electrons. The second-order valence-electron chi connectivity index (χ2n) is 7.33. The molecule has 0 aliphatic heterocycles. The van der Waals surface area contributed by atoms with Gasteiger partial charge in [-0.1, -0.05) is 0 Å². The minimum atomic E-state index is -0.683. The van der Waals surface area contributed by atoms with Crippen molar-refractivity contribution in [3.05, 3.63) is 34.4 Å². The maximum atomic E-state index is 11.6. The van der Waals surface area contributed by atoms with E-state index in [0.29, 0.717) is 39.6 Å². The molecule has 1 aromatic carbocycles. The lowest BCUT2D eigenvalue weighted by molar-refractivity contribution is -0.384. The Kier molecular flexibility index (Phi) is 12.6. The van der Waals surface area contributed by atoms with E-state index in [4.69, 9.17) is 23.7 Å². The maximum absolute atomic E-state index is 11.6. The third-order valence-corrected chi connectivity index (χ3v) is 3.43. The van der Waals surface area contributed by atoms with Crippen LogP contribution in [0.2, 0.25) is 0 Å². The third-order valence-electron chi connectivity index (χ3n) is 3.43. The first kappa shape index (κ1) is 27.1. The summed E-state index contributed by atoms with van der Waals surface area (Å²) in [5.41, 5.74) is -0.620. The van der Waals surface area contributed by atoms with Crippen LogP contribution in [0.4, 0.5) is 15.3 Å². The first-order chi connectivity index (χ1) is 15.2. The maximum Gasteiger partial charge on any atom is 0.412 e. The van der Waals surface area contributed by atoms with Gasteiger partial charge in [-0.3, -0.25) is 10.1 Å². The quantitative estimate of drug-likeness (QED) is 0.244. The number of carbonyl (C=O) groups excluding carboxylic acids is 2. The van der Waals surface area contributed by atoms with Crippen LogP contribution in [0, 0.1) is 10.1 Å². The molecule has 1 rings (SSSR count). The Labute approximate surface area is 186 Å². The molecule has 0 aromatic heterocycles. The molecule has 0 aliphatic rings. The van der Waals surface area contributed by atoms with Crippen LogP contribution in [-0.2, 0) is 18.9 Å². The molecule has 1 aromatic rings. The van der Waals surface area contributed by atoms with Gasteiger partial charge in [0.25, 0.3) is 5.69 Å². The number of nitro benzene ring substituents is 1. The first-order valence-electron chi connectivity index (χ1n) is 10.1. The zero-order valence-corrected chi connectivity index (χ0v) is 18.6. The molecule has 12 nitrogen and oxygen atoms in total. The first-order valence-corrected chi connectivity index (χ1v) is 10.1. The number of rotatable bonds is 14. The molecule has 0 unspecified atom stereocenters. The van der Waals surface area contributed by atoms with Crippen molar-refractivity contribution >= 4 is 17.9 Å². The lowest BCUT2D eigenvalue weighted by atomic mass is 10.2. The lowest BCUT2D eigenvalue weighted by Gasteiger charge is -2.19. The molecule has 0 fully saturated rings. The monoisotopic (exact) mass is 457 g/mol. The fraction of sp³-hybridized carbons (Fsp3) is 0.600. The molecule has 0 bridgehead atoms. The van der Waals surface area contributed by atoms with Gasteiger partial charge in [0.05, 0.1) is 44.6 Å². The van der Waals surface area contributed by atoms with Gasteiger partial charge < -0.3 is 34.3 Å². The van der Waals surface area contributed by atoms with Crippen molar-refractivity contribution in [1.82, 2.24) is 10.6 Å². The van der Waals surface area contributed by atoms with Gasteiger partial charge in [-0.15, -0.1) is 0 Å². The molecule has 0 spiro atoms. The fourth-order valence-corrected chi connectivity index (χ4v) is 2.09. The minimum absolute atomic E-state index is 0.0878. The molecular formula is C20H31N3O9. The van der Waals surface area contributed by atoms with E-state index < -0.39 is 22.7 Å². The molecule has 2 N–H and O–H groups in total. The zero-order chi connectivity index (χ0) is 23.8. The van der Waals surface area contributed by atoms with Crippen molar-refractivity contribution in [3.63, 3.8) is 0 Å². The number of amides is 2. The summed E-state index contributed by atoms with van der Waals surface area (Å²) in [6.45, 7) is 8.05. The van der Waals surface area contributed by atoms with E-state index in [1.807, 2.05) is 0 Å². The van der Waals surface area contributed by atoms with Crippen molar-refractivity contribution in [2.24, 2.45) is 0 Å². The predicted molar refractivity (Wildman–Crippen MR) is 114 cm³/mol. The highest BCUT2D eigenvalue weighted by atomic mass is 16.6. The summed E-state index contributed by atoms with van der Waals surface area (Å²) in [5, 5.41) is 15.7. The number of non-ortho nitro benzene ring substituents is 1. The SMILES string of the molecule is CC(C)(C)OC(=O)NCCOCCOCCOCCNC(=O)Oc1ccc([N+](=O)[O-])cc1. The molecule has 32 heavy (non-hydrogen) atoms. The van der Waals surface area contributed by atoms with E-state index in [0.717, 1.165) is 0 Å². The second kappa shape index (κ2) is 14.9. The van der Waals surface area contributed by atoms with Gasteiger partial charge in [0.2, 0.25) is 0 Å². The molecule has 2 amide bonds. The molecule has 0 saturated carbocycles. The van der Waals surface area contributed by atoms with E-state index in [1.165, 1.54) is 24.3 Å². The van der Waals surface area contributed by atoms with Crippen molar-refractivity contribution < 1.29 is 38.2 Å². The van der Waals surface area contributed by atoms with Gasteiger partial charge in [-0.2, -0.15) is 0 Å². The highest BCUT2D eigenvalue weighted by Gasteiger charge is 2.15. The molecule has 0 radical (unpaired) electrons. The van der Waals surface area contributed by atoms with Crippen LogP contribution >= 0.6 is 0 Å². The van der Waals surface area contributed by atoms with Crippen LogP contribution in [0.15, 0.2) is 24.3 Å². The Morgan fingerprint density at radius 3 is 1.78 bits per heavy atom. The second-order valence-corrected chi connectivity index (χ2v) is 7.33. The Bertz CT molecular complexity index is 705. The van der Waals surface area contributed by atoms with Gasteiger partial charge in [-0.25, -0.2) is 9.59 Å². The Morgan fingerprint density at radius 1 is 0.844 bits per heavy atom. The van der Waals surface area contributed by atoms with E-state index in [-0.39, 0.29) is 24.6 Å². The summed E-state index contributed by atoms with van der Waals surface area (Å²) >= 11 is 0. The predicted octanol–water partition coefficient (Wildman–Crippen LogP) is 2.26. The van der Waals surface area contributed by atoms with Gasteiger partial charge in [0, 0.05) is 25.2 Å². The summed E-state index contributed by atoms with van der Waals surface area (Å²) in [7, 11) is 0. The standard InChI is InChI=1S/C20H31N3O9/c1-20(2,3)32-19(25)22-9-11-29-13-15-30-14-12-28-10-8-21-18(24)31-17-6-4-16(5-7-17)23(26)27/h4-7H,8-15H2,1-3H3,(H,21,24)(H,22,25). The van der Waals surface area contributed by atoms with Gasteiger partial charge in [-0.05, 0) is 32.9 Å². The van der Waals surface area contributed by atoms with Crippen molar-refractivity contribution in [2.45, 2.75) is 26.4 Å². The summed E-state index contributed by atoms with van der Waals surface area (Å²) < 4.78 is 26.1. The Hall–Kier alpha value is -2.96. The third kappa shape index (κ3) is 14.1. The molecular weight excluding hydrogens is 426 g/mol. The molecule has 12 heteroatoms. The fourth-order valence-electron chi connectivity index (χ4n) is 2.09. The van der Waals surface area contributed by atoms with Crippen LogP contribution in [0.5, 0.6) is 5.75 Å². The van der Waals surface area contributed by atoms with Crippen LogP contribution in [-0.4, -0.2) is 75.4 Å². The largest absolute Gasteiger partial charge is 0.444 e. The van der Waals surface area contributed by atoms with Gasteiger partial charge >= 0.3 is 12.2 Å². The highest BCUT2D eigenvalue weighted by molar-refractivity contribution is 5.70. The number of nitrogens with zero attached hydrogens (tertiary/aromatic N) is 1. The molecule has 0 aliphatic carbocycles. The highest BCUT2D eigenvalue weighted by Crippen LogP contribution is 2.17. The van der Waals surface area contributed by atoms with Crippen molar-refractivity contribution in [3.8, 4) is 5.75 Å². The van der Waals surface area contributed by atoms with E-state index in [9.17, 15) is 19.7 Å². The van der Waals surface area contributed by atoms with Gasteiger partial charge in [0.1, 0.15) is 11.4 Å². The number of ether oxygens (including phenoxy) is 5. The van der Waals surface area contributed by atoms with Crippen molar-refractivity contribution in [1.29, 1.82) is 0 Å². The van der Waals surface area contributed by atoms with E-state index in [2.05, 4.69) is 10.6 Å². The smallest absolute Gasteiger partial charge is 0.412 e. The number of alkyl carbamates (subject to hydrolysis) is 1. The summed E-state index contributed by atoms with van der Waals surface area (Å²) in [6.07, 6.45) is -1.17. The number of hydrogen-bond donors (Lipinski definition) is 2.